The number of amides is 1. The van der Waals surface area contributed by atoms with Gasteiger partial charge in [0.2, 0.25) is 0 Å². The van der Waals surface area contributed by atoms with Crippen molar-refractivity contribution in [2.75, 3.05) is 23.1 Å². The zero-order valence-corrected chi connectivity index (χ0v) is 18.8. The first-order valence-corrected chi connectivity index (χ1v) is 10.9. The van der Waals surface area contributed by atoms with E-state index in [0.29, 0.717) is 30.5 Å². The summed E-state index contributed by atoms with van der Waals surface area (Å²) in [6.45, 7) is 6.45. The SMILES string of the molecule is CC(C)(C)OC(=O)N1C[C@@H](CCl)c2c1cc(OCc1ccccc1)c1ccc(N)cc21. The molecule has 4 rings (SSSR count). The van der Waals surface area contributed by atoms with Gasteiger partial charge in [-0.1, -0.05) is 30.3 Å². The number of fused-ring (bicyclic) bond motifs is 3. The van der Waals surface area contributed by atoms with E-state index in [1.807, 2.05) is 75.4 Å². The van der Waals surface area contributed by atoms with Gasteiger partial charge < -0.3 is 15.2 Å². The number of nitrogens with zero attached hydrogens (tertiary/aromatic N) is 1. The minimum atomic E-state index is -0.593. The van der Waals surface area contributed by atoms with Crippen LogP contribution in [-0.2, 0) is 11.3 Å². The number of nitrogens with two attached hydrogens (primary N) is 1. The second-order valence-corrected chi connectivity index (χ2v) is 9.14. The maximum Gasteiger partial charge on any atom is 0.414 e. The number of benzene rings is 3. The fourth-order valence-electron chi connectivity index (χ4n) is 3.95. The van der Waals surface area contributed by atoms with Gasteiger partial charge in [-0.05, 0) is 55.5 Å². The van der Waals surface area contributed by atoms with Crippen LogP contribution in [0.3, 0.4) is 0 Å². The number of hydrogen-bond acceptors (Lipinski definition) is 4. The first-order valence-electron chi connectivity index (χ1n) is 10.4. The molecule has 31 heavy (non-hydrogen) atoms. The molecule has 162 valence electrons. The molecule has 3 aromatic carbocycles. The molecule has 1 aliphatic rings. The van der Waals surface area contributed by atoms with E-state index >= 15 is 0 Å². The van der Waals surface area contributed by atoms with Gasteiger partial charge in [0, 0.05) is 35.5 Å². The Morgan fingerprint density at radius 3 is 2.55 bits per heavy atom. The summed E-state index contributed by atoms with van der Waals surface area (Å²) in [5.41, 5.74) is 9.02. The summed E-state index contributed by atoms with van der Waals surface area (Å²) < 4.78 is 11.9. The van der Waals surface area contributed by atoms with Crippen molar-refractivity contribution >= 4 is 39.8 Å². The topological polar surface area (TPSA) is 64.8 Å². The Labute approximate surface area is 187 Å². The summed E-state index contributed by atoms with van der Waals surface area (Å²) >= 11 is 6.32. The average molecular weight is 439 g/mol. The Balaban J connectivity index is 1.81. The minimum Gasteiger partial charge on any atom is -0.488 e. The lowest BCUT2D eigenvalue weighted by atomic mass is 9.95. The Morgan fingerprint density at radius 2 is 1.87 bits per heavy atom. The van der Waals surface area contributed by atoms with E-state index in [0.717, 1.165) is 27.6 Å². The van der Waals surface area contributed by atoms with Crippen LogP contribution >= 0.6 is 11.6 Å². The summed E-state index contributed by atoms with van der Waals surface area (Å²) in [6, 6.07) is 17.7. The van der Waals surface area contributed by atoms with Gasteiger partial charge in [0.1, 0.15) is 18.0 Å². The zero-order chi connectivity index (χ0) is 22.2. The fourth-order valence-corrected chi connectivity index (χ4v) is 4.20. The highest BCUT2D eigenvalue weighted by atomic mass is 35.5. The number of hydrogen-bond donors (Lipinski definition) is 1. The van der Waals surface area contributed by atoms with E-state index in [9.17, 15) is 4.79 Å². The van der Waals surface area contributed by atoms with Crippen LogP contribution in [0.25, 0.3) is 10.8 Å². The molecular formula is C25H27ClN2O3. The van der Waals surface area contributed by atoms with Crippen LogP contribution < -0.4 is 15.4 Å². The molecule has 0 radical (unpaired) electrons. The van der Waals surface area contributed by atoms with E-state index in [1.54, 1.807) is 4.90 Å². The van der Waals surface area contributed by atoms with Crippen molar-refractivity contribution in [3.05, 3.63) is 65.7 Å². The molecule has 1 heterocycles. The highest BCUT2D eigenvalue weighted by Crippen LogP contribution is 2.46. The number of alkyl halides is 1. The smallest absolute Gasteiger partial charge is 0.414 e. The normalized spacial score (nSPS) is 15.7. The molecule has 0 unspecified atom stereocenters. The fraction of sp³-hybridized carbons (Fsp3) is 0.320. The predicted octanol–water partition coefficient (Wildman–Crippen LogP) is 6.08. The van der Waals surface area contributed by atoms with Crippen molar-refractivity contribution in [2.45, 2.75) is 38.9 Å². The summed E-state index contributed by atoms with van der Waals surface area (Å²) in [5, 5.41) is 1.90. The van der Waals surface area contributed by atoms with E-state index in [2.05, 4.69) is 0 Å². The zero-order valence-electron chi connectivity index (χ0n) is 18.0. The number of carbonyl (C=O) groups excluding carboxylic acids is 1. The van der Waals surface area contributed by atoms with Crippen molar-refractivity contribution in [1.29, 1.82) is 0 Å². The lowest BCUT2D eigenvalue weighted by Gasteiger charge is -2.25. The van der Waals surface area contributed by atoms with Gasteiger partial charge in [-0.15, -0.1) is 11.6 Å². The Bertz CT molecular complexity index is 1110. The third-order valence-corrected chi connectivity index (χ3v) is 5.65. The molecule has 0 aromatic heterocycles. The molecular weight excluding hydrogens is 412 g/mol. The van der Waals surface area contributed by atoms with Gasteiger partial charge in [-0.2, -0.15) is 0 Å². The van der Waals surface area contributed by atoms with E-state index < -0.39 is 11.7 Å². The maximum atomic E-state index is 13.0. The second kappa shape index (κ2) is 8.31. The third-order valence-electron chi connectivity index (χ3n) is 5.28. The van der Waals surface area contributed by atoms with Crippen molar-refractivity contribution < 1.29 is 14.3 Å². The quantitative estimate of drug-likeness (QED) is 0.396. The molecule has 5 nitrogen and oxygen atoms in total. The van der Waals surface area contributed by atoms with Gasteiger partial charge in [0.05, 0.1) is 5.69 Å². The van der Waals surface area contributed by atoms with Crippen LogP contribution in [0.15, 0.2) is 54.6 Å². The number of carbonyl (C=O) groups is 1. The van der Waals surface area contributed by atoms with Gasteiger partial charge >= 0.3 is 6.09 Å². The lowest BCUT2D eigenvalue weighted by molar-refractivity contribution is 0.0582. The Morgan fingerprint density at radius 1 is 1.13 bits per heavy atom. The van der Waals surface area contributed by atoms with Crippen LogP contribution in [0.2, 0.25) is 0 Å². The molecule has 3 aromatic rings. The van der Waals surface area contributed by atoms with Crippen molar-refractivity contribution in [3.63, 3.8) is 0 Å². The van der Waals surface area contributed by atoms with E-state index in [4.69, 9.17) is 26.8 Å². The summed E-state index contributed by atoms with van der Waals surface area (Å²) in [6.07, 6.45) is -0.390. The van der Waals surface area contributed by atoms with Gasteiger partial charge in [0.25, 0.3) is 0 Å². The molecule has 0 bridgehead atoms. The lowest BCUT2D eigenvalue weighted by Crippen LogP contribution is -2.36. The van der Waals surface area contributed by atoms with Crippen molar-refractivity contribution in [2.24, 2.45) is 0 Å². The Hall–Kier alpha value is -2.92. The maximum absolute atomic E-state index is 13.0. The minimum absolute atomic E-state index is 0.0170. The van der Waals surface area contributed by atoms with Crippen LogP contribution in [-0.4, -0.2) is 24.1 Å². The van der Waals surface area contributed by atoms with Crippen LogP contribution in [0.1, 0.15) is 37.8 Å². The number of ether oxygens (including phenoxy) is 2. The summed E-state index contributed by atoms with van der Waals surface area (Å²) in [7, 11) is 0. The molecule has 0 saturated carbocycles. The van der Waals surface area contributed by atoms with Crippen LogP contribution in [0.5, 0.6) is 5.75 Å². The molecule has 1 aliphatic heterocycles. The number of anilines is 2. The van der Waals surface area contributed by atoms with Gasteiger partial charge in [-0.3, -0.25) is 4.90 Å². The average Bonchev–Trinajstić information content (AvgIpc) is 3.10. The van der Waals surface area contributed by atoms with Crippen LogP contribution in [0, 0.1) is 0 Å². The molecule has 0 saturated heterocycles. The van der Waals surface area contributed by atoms with Crippen molar-refractivity contribution in [1.82, 2.24) is 0 Å². The summed E-state index contributed by atoms with van der Waals surface area (Å²) in [5.74, 6) is 1.07. The predicted molar refractivity (Wildman–Crippen MR) is 126 cm³/mol. The highest BCUT2D eigenvalue weighted by molar-refractivity contribution is 6.19. The van der Waals surface area contributed by atoms with Gasteiger partial charge in [-0.25, -0.2) is 4.79 Å². The largest absolute Gasteiger partial charge is 0.488 e. The molecule has 1 amide bonds. The standard InChI is InChI=1S/C25H27ClN2O3/c1-25(2,3)31-24(29)28-14-17(13-26)23-20-11-18(27)9-10-19(20)22(12-21(23)28)30-15-16-7-5-4-6-8-16/h4-12,17H,13-15,27H2,1-3H3/t17-/m1/s1. The highest BCUT2D eigenvalue weighted by Gasteiger charge is 2.36. The summed E-state index contributed by atoms with van der Waals surface area (Å²) in [4.78, 5) is 14.6. The molecule has 1 atom stereocenters. The van der Waals surface area contributed by atoms with Crippen LogP contribution in [0.4, 0.5) is 16.2 Å². The van der Waals surface area contributed by atoms with Gasteiger partial charge in [0.15, 0.2) is 0 Å². The van der Waals surface area contributed by atoms with E-state index in [1.165, 1.54) is 0 Å². The first kappa shape index (κ1) is 21.3. The molecule has 2 N–H and O–H groups in total. The monoisotopic (exact) mass is 438 g/mol. The number of nitrogen functional groups attached to an aromatic ring is 1. The Kier molecular flexibility index (Phi) is 5.71. The number of rotatable bonds is 4. The second-order valence-electron chi connectivity index (χ2n) is 8.83. The van der Waals surface area contributed by atoms with Crippen molar-refractivity contribution in [3.8, 4) is 5.75 Å². The van der Waals surface area contributed by atoms with E-state index in [-0.39, 0.29) is 5.92 Å². The third kappa shape index (κ3) is 4.42. The molecule has 0 aliphatic carbocycles. The molecule has 0 fully saturated rings. The molecule has 0 spiro atoms. The first-order chi connectivity index (χ1) is 14.8. The number of halogens is 1. The molecule has 6 heteroatoms.